The maximum Gasteiger partial charge on any atom is 0.184 e. The molecule has 0 atom stereocenters. The molecule has 0 aliphatic rings. The van der Waals surface area contributed by atoms with E-state index in [0.717, 1.165) is 12.1 Å². The minimum Gasteiger partial charge on any atom is -0.399 e. The van der Waals surface area contributed by atoms with Crippen molar-refractivity contribution in [2.24, 2.45) is 0 Å². The third-order valence-corrected chi connectivity index (χ3v) is 3.87. The first kappa shape index (κ1) is 13.4. The number of hydrogen-bond acceptors (Lipinski definition) is 4. The number of nitriles is 1. The summed E-state index contributed by atoms with van der Waals surface area (Å²) in [5, 5.41) is 8.27. The number of nitrogens with two attached hydrogens (primary N) is 1. The zero-order valence-electron chi connectivity index (χ0n) is 8.78. The van der Waals surface area contributed by atoms with Crippen molar-refractivity contribution in [3.05, 3.63) is 23.8 Å². The number of rotatable bonds is 4. The topological polar surface area (TPSA) is 84.0 Å². The molecular formula is C10H10F2N2O2S. The molecule has 17 heavy (non-hydrogen) atoms. The minimum atomic E-state index is -4.07. The lowest BCUT2D eigenvalue weighted by molar-refractivity contribution is 0.519. The summed E-state index contributed by atoms with van der Waals surface area (Å²) in [7, 11) is -4.07. The van der Waals surface area contributed by atoms with E-state index in [0.29, 0.717) is 0 Å². The Kier molecular flexibility index (Phi) is 4.02. The smallest absolute Gasteiger partial charge is 0.184 e. The highest BCUT2D eigenvalue weighted by atomic mass is 32.2. The van der Waals surface area contributed by atoms with Crippen molar-refractivity contribution in [2.75, 3.05) is 11.5 Å². The Morgan fingerprint density at radius 3 is 2.29 bits per heavy atom. The normalized spacial score (nSPS) is 11.1. The maximum atomic E-state index is 13.4. The van der Waals surface area contributed by atoms with Crippen molar-refractivity contribution in [2.45, 2.75) is 17.7 Å². The molecule has 0 fully saturated rings. The van der Waals surface area contributed by atoms with E-state index in [1.54, 1.807) is 6.07 Å². The Bertz CT molecular complexity index is 541. The predicted molar refractivity (Wildman–Crippen MR) is 57.7 cm³/mol. The van der Waals surface area contributed by atoms with Gasteiger partial charge in [-0.2, -0.15) is 5.26 Å². The number of anilines is 1. The third kappa shape index (κ3) is 3.14. The summed E-state index contributed by atoms with van der Waals surface area (Å²) >= 11 is 0. The minimum absolute atomic E-state index is 0.0113. The van der Waals surface area contributed by atoms with Crippen LogP contribution in [0.15, 0.2) is 17.0 Å². The summed E-state index contributed by atoms with van der Waals surface area (Å²) in [6.07, 6.45) is 0.0412. The second-order valence-corrected chi connectivity index (χ2v) is 5.44. The molecule has 0 saturated carbocycles. The molecule has 0 radical (unpaired) electrons. The third-order valence-electron chi connectivity index (χ3n) is 2.03. The van der Waals surface area contributed by atoms with Crippen LogP contribution in [-0.2, 0) is 9.84 Å². The van der Waals surface area contributed by atoms with E-state index in [9.17, 15) is 17.2 Å². The van der Waals surface area contributed by atoms with Crippen LogP contribution < -0.4 is 5.73 Å². The number of hydrogen-bond donors (Lipinski definition) is 1. The highest BCUT2D eigenvalue weighted by Gasteiger charge is 2.24. The molecule has 0 aromatic heterocycles. The van der Waals surface area contributed by atoms with Crippen LogP contribution in [0.1, 0.15) is 12.8 Å². The highest BCUT2D eigenvalue weighted by Crippen LogP contribution is 2.23. The first-order valence-corrected chi connectivity index (χ1v) is 6.38. The van der Waals surface area contributed by atoms with E-state index >= 15 is 0 Å². The van der Waals surface area contributed by atoms with E-state index in [4.69, 9.17) is 11.0 Å². The molecule has 0 saturated heterocycles. The Hall–Kier alpha value is -1.68. The molecule has 0 unspecified atom stereocenters. The van der Waals surface area contributed by atoms with Gasteiger partial charge in [-0.05, 0) is 18.6 Å². The fraction of sp³-hybridized carbons (Fsp3) is 0.300. The van der Waals surface area contributed by atoms with Crippen LogP contribution in [0.25, 0.3) is 0 Å². The van der Waals surface area contributed by atoms with Crippen molar-refractivity contribution in [1.82, 2.24) is 0 Å². The van der Waals surface area contributed by atoms with E-state index in [1.165, 1.54) is 0 Å². The van der Waals surface area contributed by atoms with Crippen molar-refractivity contribution in [1.29, 1.82) is 5.26 Å². The number of benzene rings is 1. The summed E-state index contributed by atoms with van der Waals surface area (Å²) < 4.78 is 50.0. The van der Waals surface area contributed by atoms with Crippen LogP contribution in [0.3, 0.4) is 0 Å². The molecular weight excluding hydrogens is 250 g/mol. The Morgan fingerprint density at radius 2 is 1.82 bits per heavy atom. The number of halogens is 2. The zero-order chi connectivity index (χ0) is 13.1. The number of nitrogens with zero attached hydrogens (tertiary/aromatic N) is 1. The average Bonchev–Trinajstić information content (AvgIpc) is 2.15. The lowest BCUT2D eigenvalue weighted by atomic mass is 10.3. The van der Waals surface area contributed by atoms with Gasteiger partial charge < -0.3 is 5.73 Å². The van der Waals surface area contributed by atoms with E-state index in [2.05, 4.69) is 0 Å². The van der Waals surface area contributed by atoms with Gasteiger partial charge in [0.05, 0.1) is 11.8 Å². The van der Waals surface area contributed by atoms with Gasteiger partial charge in [0.2, 0.25) is 0 Å². The molecule has 4 nitrogen and oxygen atoms in total. The lowest BCUT2D eigenvalue weighted by Gasteiger charge is -2.06. The molecule has 1 rings (SSSR count). The molecule has 0 heterocycles. The van der Waals surface area contributed by atoms with Gasteiger partial charge in [-0.15, -0.1) is 0 Å². The van der Waals surface area contributed by atoms with E-state index in [-0.39, 0.29) is 18.5 Å². The molecule has 1 aromatic rings. The number of unbranched alkanes of at least 4 members (excludes halogenated alkanes) is 1. The predicted octanol–water partition coefficient (Wildman–Crippen LogP) is 1.62. The largest absolute Gasteiger partial charge is 0.399 e. The number of nitrogen functional groups attached to an aromatic ring is 1. The standard InChI is InChI=1S/C10H10F2N2O2S/c11-8-5-7(14)6-9(12)10(8)17(15,16)4-2-1-3-13/h5-6H,1-2,4,14H2. The zero-order valence-corrected chi connectivity index (χ0v) is 9.60. The Labute approximate surface area is 97.6 Å². The Balaban J connectivity index is 3.12. The van der Waals surface area contributed by atoms with Crippen molar-refractivity contribution >= 4 is 15.5 Å². The van der Waals surface area contributed by atoms with Gasteiger partial charge in [0.15, 0.2) is 9.84 Å². The summed E-state index contributed by atoms with van der Waals surface area (Å²) in [5.74, 6) is -2.89. The molecule has 7 heteroatoms. The van der Waals surface area contributed by atoms with E-state index < -0.39 is 32.1 Å². The lowest BCUT2D eigenvalue weighted by Crippen LogP contribution is -2.11. The van der Waals surface area contributed by atoms with Gasteiger partial charge in [-0.25, -0.2) is 17.2 Å². The van der Waals surface area contributed by atoms with E-state index in [1.807, 2.05) is 0 Å². The summed E-state index contributed by atoms with van der Waals surface area (Å²) in [4.78, 5) is -0.982. The molecule has 0 aliphatic carbocycles. The molecule has 1 aromatic carbocycles. The monoisotopic (exact) mass is 260 g/mol. The summed E-state index contributed by atoms with van der Waals surface area (Å²) in [6.45, 7) is 0. The second-order valence-electron chi connectivity index (χ2n) is 3.39. The van der Waals surface area contributed by atoms with Gasteiger partial charge in [-0.3, -0.25) is 0 Å². The van der Waals surface area contributed by atoms with Crippen LogP contribution in [0.5, 0.6) is 0 Å². The molecule has 0 aliphatic heterocycles. The Morgan fingerprint density at radius 1 is 1.29 bits per heavy atom. The molecule has 92 valence electrons. The SMILES string of the molecule is N#CCCCS(=O)(=O)c1c(F)cc(N)cc1F. The van der Waals surface area contributed by atoms with Crippen molar-refractivity contribution in [3.8, 4) is 6.07 Å². The van der Waals surface area contributed by atoms with Gasteiger partial charge in [0.1, 0.15) is 16.5 Å². The van der Waals surface area contributed by atoms with Crippen LogP contribution in [-0.4, -0.2) is 14.2 Å². The van der Waals surface area contributed by atoms with Gasteiger partial charge in [0.25, 0.3) is 0 Å². The average molecular weight is 260 g/mol. The summed E-state index contributed by atoms with van der Waals surface area (Å²) in [5.41, 5.74) is 4.99. The first-order chi connectivity index (χ1) is 7.88. The first-order valence-electron chi connectivity index (χ1n) is 4.72. The van der Waals surface area contributed by atoms with Crippen molar-refractivity contribution in [3.63, 3.8) is 0 Å². The molecule has 0 spiro atoms. The van der Waals surface area contributed by atoms with Gasteiger partial charge in [0, 0.05) is 12.1 Å². The quantitative estimate of drug-likeness (QED) is 0.658. The van der Waals surface area contributed by atoms with Gasteiger partial charge >= 0.3 is 0 Å². The molecule has 0 bridgehead atoms. The van der Waals surface area contributed by atoms with Crippen LogP contribution in [0.4, 0.5) is 14.5 Å². The highest BCUT2D eigenvalue weighted by molar-refractivity contribution is 7.91. The second kappa shape index (κ2) is 5.10. The maximum absolute atomic E-state index is 13.4. The van der Waals surface area contributed by atoms with Gasteiger partial charge in [-0.1, -0.05) is 0 Å². The molecule has 2 N–H and O–H groups in total. The van der Waals surface area contributed by atoms with Crippen LogP contribution >= 0.6 is 0 Å². The fourth-order valence-corrected chi connectivity index (χ4v) is 2.76. The van der Waals surface area contributed by atoms with Crippen molar-refractivity contribution < 1.29 is 17.2 Å². The molecule has 0 amide bonds. The number of sulfone groups is 1. The summed E-state index contributed by atoms with van der Waals surface area (Å²) in [6, 6.07) is 3.26. The fourth-order valence-electron chi connectivity index (χ4n) is 1.32. The van der Waals surface area contributed by atoms with Crippen LogP contribution in [0, 0.1) is 23.0 Å². The van der Waals surface area contributed by atoms with Crippen LogP contribution in [0.2, 0.25) is 0 Å².